The van der Waals surface area contributed by atoms with Gasteiger partial charge in [0, 0.05) is 44.6 Å². The van der Waals surface area contributed by atoms with E-state index in [-0.39, 0.29) is 0 Å². The highest BCUT2D eigenvalue weighted by Gasteiger charge is 2.08. The Morgan fingerprint density at radius 1 is 1.21 bits per heavy atom. The molecule has 0 aromatic heterocycles. The van der Waals surface area contributed by atoms with Gasteiger partial charge in [0.15, 0.2) is 0 Å². The number of aliphatic imine (C=N–C) groups is 1. The Bertz CT molecular complexity index is 261. The van der Waals surface area contributed by atoms with Crippen molar-refractivity contribution in [3.63, 3.8) is 0 Å². The summed E-state index contributed by atoms with van der Waals surface area (Å²) in [5, 5.41) is 3.33. The minimum absolute atomic E-state index is 0.933. The van der Waals surface area contributed by atoms with E-state index in [0.717, 1.165) is 44.0 Å². The molecule has 1 N–H and O–H groups in total. The van der Waals surface area contributed by atoms with Crippen LogP contribution in [-0.4, -0.2) is 43.8 Å². The Morgan fingerprint density at radius 3 is 2.21 bits per heavy atom. The molecule has 1 rings (SSSR count). The minimum atomic E-state index is 0.933. The number of hydrogen-bond donors (Lipinski definition) is 1. The fourth-order valence-electron chi connectivity index (χ4n) is 1.46. The molecule has 19 heavy (non-hydrogen) atoms. The number of nitrogens with zero attached hydrogens (tertiary/aromatic N) is 2. The van der Waals surface area contributed by atoms with Crippen LogP contribution < -0.4 is 5.32 Å². The van der Waals surface area contributed by atoms with E-state index in [1.807, 2.05) is 53.8 Å². The van der Waals surface area contributed by atoms with Crippen LogP contribution in [0.1, 0.15) is 41.5 Å². The summed E-state index contributed by atoms with van der Waals surface area (Å²) in [6.45, 7) is 21.3. The third-order valence-electron chi connectivity index (χ3n) is 2.50. The van der Waals surface area contributed by atoms with Gasteiger partial charge in [0.05, 0.1) is 0 Å². The first-order valence-corrected chi connectivity index (χ1v) is 7.50. The molecule has 0 aromatic rings. The van der Waals surface area contributed by atoms with Crippen LogP contribution in [0.3, 0.4) is 0 Å². The van der Waals surface area contributed by atoms with Crippen molar-refractivity contribution in [3.8, 4) is 0 Å². The topological polar surface area (TPSA) is 27.6 Å². The van der Waals surface area contributed by atoms with Crippen molar-refractivity contribution in [2.24, 2.45) is 4.99 Å². The lowest BCUT2D eigenvalue weighted by Crippen LogP contribution is -2.44. The molecule has 1 heterocycles. The van der Waals surface area contributed by atoms with E-state index in [9.17, 15) is 0 Å². The van der Waals surface area contributed by atoms with Gasteiger partial charge in [0.1, 0.15) is 0 Å². The van der Waals surface area contributed by atoms with Crippen LogP contribution in [0.4, 0.5) is 0 Å². The zero-order valence-corrected chi connectivity index (χ0v) is 13.8. The summed E-state index contributed by atoms with van der Waals surface area (Å²) >= 11 is 0. The minimum Gasteiger partial charge on any atom is -0.314 e. The van der Waals surface area contributed by atoms with Crippen LogP contribution in [0.2, 0.25) is 0 Å². The van der Waals surface area contributed by atoms with Crippen molar-refractivity contribution in [3.05, 3.63) is 23.9 Å². The molecule has 0 spiro atoms. The molecule has 0 bridgehead atoms. The van der Waals surface area contributed by atoms with Crippen molar-refractivity contribution < 1.29 is 0 Å². The predicted molar refractivity (Wildman–Crippen MR) is 89.1 cm³/mol. The maximum Gasteiger partial charge on any atom is 0.0330 e. The highest BCUT2D eigenvalue weighted by atomic mass is 15.2. The van der Waals surface area contributed by atoms with Gasteiger partial charge < -0.3 is 5.32 Å². The quantitative estimate of drug-likeness (QED) is 0.790. The Labute approximate surface area is 120 Å². The Hall–Kier alpha value is -0.930. The van der Waals surface area contributed by atoms with E-state index in [2.05, 4.69) is 21.8 Å². The van der Waals surface area contributed by atoms with E-state index in [4.69, 9.17) is 0 Å². The van der Waals surface area contributed by atoms with E-state index in [1.165, 1.54) is 0 Å². The maximum absolute atomic E-state index is 4.30. The van der Waals surface area contributed by atoms with Crippen LogP contribution in [0.5, 0.6) is 0 Å². The number of piperazine rings is 1. The molecule has 0 unspecified atom stereocenters. The van der Waals surface area contributed by atoms with Gasteiger partial charge >= 0.3 is 0 Å². The standard InChI is InChI=1S/C12H21N3.2C2H6/c1-4-12(3)14-9-11(2)10-15-7-5-13-6-8-15;2*1-2/h4,9,13H,2,5-8,10H2,1,3H3;2*1-2H3/b12-4-,14-9?;;. The average Bonchev–Trinajstić information content (AvgIpc) is 2.50. The van der Waals surface area contributed by atoms with Gasteiger partial charge in [-0.15, -0.1) is 0 Å². The van der Waals surface area contributed by atoms with E-state index < -0.39 is 0 Å². The first-order chi connectivity index (χ1) is 9.22. The van der Waals surface area contributed by atoms with Crippen LogP contribution in [0.25, 0.3) is 0 Å². The molecule has 1 saturated heterocycles. The van der Waals surface area contributed by atoms with Crippen molar-refractivity contribution in [2.75, 3.05) is 32.7 Å². The Balaban J connectivity index is 0. The average molecular weight is 267 g/mol. The molecule has 3 nitrogen and oxygen atoms in total. The lowest BCUT2D eigenvalue weighted by molar-refractivity contribution is 0.262. The number of rotatable bonds is 4. The summed E-state index contributed by atoms with van der Waals surface area (Å²) in [7, 11) is 0. The van der Waals surface area contributed by atoms with E-state index in [0.29, 0.717) is 0 Å². The summed E-state index contributed by atoms with van der Waals surface area (Å²) in [5.74, 6) is 0. The molecular formula is C16H33N3. The second kappa shape index (κ2) is 15.1. The number of allylic oxidation sites excluding steroid dienone is 2. The molecule has 0 aliphatic carbocycles. The number of nitrogens with one attached hydrogen (secondary N) is 1. The van der Waals surface area contributed by atoms with Crippen molar-refractivity contribution in [1.82, 2.24) is 10.2 Å². The molecule has 0 atom stereocenters. The van der Waals surface area contributed by atoms with Crippen LogP contribution in [0, 0.1) is 0 Å². The van der Waals surface area contributed by atoms with E-state index in [1.54, 1.807) is 0 Å². The fourth-order valence-corrected chi connectivity index (χ4v) is 1.46. The molecule has 0 aromatic carbocycles. The highest BCUT2D eigenvalue weighted by Crippen LogP contribution is 1.99. The SMILES string of the molecule is C=C(C=N/C(C)=C\C)CN1CCNCC1.CC.CC. The lowest BCUT2D eigenvalue weighted by Gasteiger charge is -2.27. The molecule has 1 fully saturated rings. The molecule has 1 aliphatic heterocycles. The third-order valence-corrected chi connectivity index (χ3v) is 2.50. The molecule has 3 heteroatoms. The predicted octanol–water partition coefficient (Wildman–Crippen LogP) is 3.49. The monoisotopic (exact) mass is 267 g/mol. The van der Waals surface area contributed by atoms with Gasteiger partial charge in [-0.2, -0.15) is 0 Å². The van der Waals surface area contributed by atoms with Gasteiger partial charge in [0.2, 0.25) is 0 Å². The van der Waals surface area contributed by atoms with Gasteiger partial charge in [-0.25, -0.2) is 0 Å². The number of hydrogen-bond acceptors (Lipinski definition) is 3. The fraction of sp³-hybridized carbons (Fsp3) is 0.688. The summed E-state index contributed by atoms with van der Waals surface area (Å²) in [4.78, 5) is 6.70. The summed E-state index contributed by atoms with van der Waals surface area (Å²) in [6, 6.07) is 0. The molecule has 112 valence electrons. The van der Waals surface area contributed by atoms with Gasteiger partial charge in [-0.05, 0) is 19.4 Å². The van der Waals surface area contributed by atoms with Crippen LogP contribution >= 0.6 is 0 Å². The van der Waals surface area contributed by atoms with Crippen molar-refractivity contribution in [1.29, 1.82) is 0 Å². The summed E-state index contributed by atoms with van der Waals surface area (Å²) < 4.78 is 0. The van der Waals surface area contributed by atoms with Crippen LogP contribution in [-0.2, 0) is 0 Å². The van der Waals surface area contributed by atoms with Gasteiger partial charge in [0.25, 0.3) is 0 Å². The zero-order chi connectivity index (χ0) is 15.1. The highest BCUT2D eigenvalue weighted by molar-refractivity contribution is 5.78. The largest absolute Gasteiger partial charge is 0.314 e. The molecule has 1 aliphatic rings. The second-order valence-electron chi connectivity index (χ2n) is 3.87. The lowest BCUT2D eigenvalue weighted by atomic mass is 10.2. The second-order valence-corrected chi connectivity index (χ2v) is 3.87. The van der Waals surface area contributed by atoms with E-state index >= 15 is 0 Å². The first kappa shape index (κ1) is 20.4. The van der Waals surface area contributed by atoms with Gasteiger partial charge in [-0.3, -0.25) is 9.89 Å². The third kappa shape index (κ3) is 11.9. The molecule has 0 radical (unpaired) electrons. The summed E-state index contributed by atoms with van der Waals surface area (Å²) in [5.41, 5.74) is 2.12. The molecular weight excluding hydrogens is 234 g/mol. The zero-order valence-electron chi connectivity index (χ0n) is 13.8. The normalized spacial score (nSPS) is 16.2. The first-order valence-electron chi connectivity index (χ1n) is 7.50. The molecule has 0 saturated carbocycles. The Morgan fingerprint density at radius 2 is 1.74 bits per heavy atom. The maximum atomic E-state index is 4.30. The smallest absolute Gasteiger partial charge is 0.0330 e. The van der Waals surface area contributed by atoms with Crippen molar-refractivity contribution >= 4 is 6.21 Å². The van der Waals surface area contributed by atoms with Crippen molar-refractivity contribution in [2.45, 2.75) is 41.5 Å². The van der Waals surface area contributed by atoms with Crippen LogP contribution in [0.15, 0.2) is 28.9 Å². The van der Waals surface area contributed by atoms with Gasteiger partial charge in [-0.1, -0.05) is 40.3 Å². The summed E-state index contributed by atoms with van der Waals surface area (Å²) in [6.07, 6.45) is 3.87. The molecule has 0 amide bonds. The Kier molecular flexibility index (Phi) is 16.2.